The molecule has 0 fully saturated rings. The van der Waals surface area contributed by atoms with Gasteiger partial charge in [-0.05, 0) is 45.8 Å². The van der Waals surface area contributed by atoms with E-state index in [2.05, 4.69) is 36.8 Å². The number of carbonyl (C=O) groups is 1. The Bertz CT molecular complexity index is 631. The molecule has 0 saturated heterocycles. The van der Waals surface area contributed by atoms with Crippen LogP contribution in [0.2, 0.25) is 0 Å². The number of methoxy groups -OCH3 is 1. The molecule has 0 aliphatic heterocycles. The average Bonchev–Trinajstić information content (AvgIpc) is 2.52. The maximum absolute atomic E-state index is 11.4. The van der Waals surface area contributed by atoms with Gasteiger partial charge in [0.25, 0.3) is 5.91 Å². The van der Waals surface area contributed by atoms with Gasteiger partial charge in [0.15, 0.2) is 5.69 Å². The molecule has 110 valence electrons. The fraction of sp³-hybridized carbons (Fsp3) is 0.214. The molecule has 0 aliphatic carbocycles. The highest BCUT2D eigenvalue weighted by molar-refractivity contribution is 9.10. The summed E-state index contributed by atoms with van der Waals surface area (Å²) in [7, 11) is 3.18. The molecule has 2 N–H and O–H groups in total. The number of ether oxygens (including phenoxy) is 1. The summed E-state index contributed by atoms with van der Waals surface area (Å²) in [5, 5.41) is 13.5. The highest BCUT2D eigenvalue weighted by Gasteiger charge is 2.06. The van der Waals surface area contributed by atoms with Crippen LogP contribution in [0.3, 0.4) is 0 Å². The summed E-state index contributed by atoms with van der Waals surface area (Å²) in [5.41, 5.74) is 1.36. The molecular formula is C14H15BrN4O2. The van der Waals surface area contributed by atoms with Crippen LogP contribution < -0.4 is 15.4 Å². The Morgan fingerprint density at radius 1 is 1.29 bits per heavy atom. The number of benzene rings is 1. The lowest BCUT2D eigenvalue weighted by Crippen LogP contribution is -2.19. The van der Waals surface area contributed by atoms with Crippen LogP contribution in [0.15, 0.2) is 34.8 Å². The van der Waals surface area contributed by atoms with Crippen molar-refractivity contribution in [3.63, 3.8) is 0 Å². The van der Waals surface area contributed by atoms with Gasteiger partial charge in [-0.25, -0.2) is 0 Å². The van der Waals surface area contributed by atoms with Gasteiger partial charge in [-0.2, -0.15) is 0 Å². The molecule has 0 atom stereocenters. The first-order chi connectivity index (χ1) is 10.1. The van der Waals surface area contributed by atoms with Crippen LogP contribution >= 0.6 is 15.9 Å². The number of aromatic nitrogens is 2. The zero-order chi connectivity index (χ0) is 15.2. The zero-order valence-corrected chi connectivity index (χ0v) is 13.3. The van der Waals surface area contributed by atoms with E-state index < -0.39 is 0 Å². The highest BCUT2D eigenvalue weighted by Crippen LogP contribution is 2.25. The Labute approximate surface area is 131 Å². The second-order valence-corrected chi connectivity index (χ2v) is 5.06. The largest absolute Gasteiger partial charge is 0.496 e. The minimum absolute atomic E-state index is 0.256. The summed E-state index contributed by atoms with van der Waals surface area (Å²) in [6.07, 6.45) is 0. The molecule has 0 aliphatic rings. The van der Waals surface area contributed by atoms with Crippen LogP contribution in [0, 0.1) is 0 Å². The lowest BCUT2D eigenvalue weighted by Gasteiger charge is -2.08. The number of halogens is 1. The van der Waals surface area contributed by atoms with Gasteiger partial charge in [0.05, 0.1) is 11.6 Å². The zero-order valence-electron chi connectivity index (χ0n) is 11.7. The van der Waals surface area contributed by atoms with E-state index in [0.29, 0.717) is 12.4 Å². The standard InChI is InChI=1S/C14H15BrN4O2/c1-16-14(20)11-4-6-13(19-18-11)17-8-9-3-5-12(21-2)10(15)7-9/h3-7H,8H2,1-2H3,(H,16,20)(H,17,19). The third-order valence-corrected chi connectivity index (χ3v) is 3.43. The summed E-state index contributed by atoms with van der Waals surface area (Å²) < 4.78 is 6.08. The maximum atomic E-state index is 11.4. The minimum Gasteiger partial charge on any atom is -0.496 e. The third-order valence-electron chi connectivity index (χ3n) is 2.81. The fourth-order valence-electron chi connectivity index (χ4n) is 1.69. The minimum atomic E-state index is -0.256. The number of anilines is 1. The lowest BCUT2D eigenvalue weighted by atomic mass is 10.2. The summed E-state index contributed by atoms with van der Waals surface area (Å²) in [4.78, 5) is 11.4. The molecule has 0 radical (unpaired) electrons. The first-order valence-corrected chi connectivity index (χ1v) is 7.05. The van der Waals surface area contributed by atoms with Gasteiger partial charge in [0.1, 0.15) is 11.6 Å². The van der Waals surface area contributed by atoms with E-state index in [1.165, 1.54) is 0 Å². The molecule has 1 aromatic carbocycles. The van der Waals surface area contributed by atoms with E-state index in [1.807, 2.05) is 18.2 Å². The SMILES string of the molecule is CNC(=O)c1ccc(NCc2ccc(OC)c(Br)c2)nn1. The predicted octanol–water partition coefficient (Wildman–Crippen LogP) is 2.22. The van der Waals surface area contributed by atoms with Crippen LogP contribution in [0.4, 0.5) is 5.82 Å². The number of nitrogens with zero attached hydrogens (tertiary/aromatic N) is 2. The number of rotatable bonds is 5. The molecule has 0 bridgehead atoms. The molecule has 0 saturated carbocycles. The molecule has 7 heteroatoms. The quantitative estimate of drug-likeness (QED) is 0.864. The molecule has 6 nitrogen and oxygen atoms in total. The molecule has 21 heavy (non-hydrogen) atoms. The summed E-state index contributed by atoms with van der Waals surface area (Å²) in [6, 6.07) is 9.16. The monoisotopic (exact) mass is 350 g/mol. The van der Waals surface area contributed by atoms with Gasteiger partial charge in [-0.1, -0.05) is 6.07 Å². The second kappa shape index (κ2) is 7.03. The summed E-state index contributed by atoms with van der Waals surface area (Å²) in [5.74, 6) is 1.14. The van der Waals surface area contributed by atoms with Crippen molar-refractivity contribution in [1.29, 1.82) is 0 Å². The van der Waals surface area contributed by atoms with Gasteiger partial charge < -0.3 is 15.4 Å². The Morgan fingerprint density at radius 3 is 2.67 bits per heavy atom. The number of hydrogen-bond donors (Lipinski definition) is 2. The van der Waals surface area contributed by atoms with Crippen LogP contribution in [0.1, 0.15) is 16.1 Å². The van der Waals surface area contributed by atoms with Crippen molar-refractivity contribution in [3.05, 3.63) is 46.1 Å². The Balaban J connectivity index is 1.99. The van der Waals surface area contributed by atoms with Crippen molar-refractivity contribution >= 4 is 27.7 Å². The van der Waals surface area contributed by atoms with Crippen LogP contribution in [0.5, 0.6) is 5.75 Å². The van der Waals surface area contributed by atoms with Crippen molar-refractivity contribution < 1.29 is 9.53 Å². The first kappa shape index (κ1) is 15.2. The Kier molecular flexibility index (Phi) is 5.10. The molecule has 1 heterocycles. The number of nitrogens with one attached hydrogen (secondary N) is 2. The van der Waals surface area contributed by atoms with Crippen LogP contribution in [0.25, 0.3) is 0 Å². The molecule has 0 unspecified atom stereocenters. The fourth-order valence-corrected chi connectivity index (χ4v) is 2.28. The summed E-state index contributed by atoms with van der Waals surface area (Å²) in [6.45, 7) is 0.594. The topological polar surface area (TPSA) is 76.1 Å². The van der Waals surface area contributed by atoms with Crippen LogP contribution in [-0.4, -0.2) is 30.3 Å². The Hall–Kier alpha value is -2.15. The Morgan fingerprint density at radius 2 is 2.10 bits per heavy atom. The normalized spacial score (nSPS) is 10.0. The number of amides is 1. The van der Waals surface area contributed by atoms with Gasteiger partial charge in [-0.3, -0.25) is 4.79 Å². The molecule has 1 aromatic heterocycles. The van der Waals surface area contributed by atoms with Crippen molar-refractivity contribution in [2.24, 2.45) is 0 Å². The van der Waals surface area contributed by atoms with E-state index in [1.54, 1.807) is 26.3 Å². The number of carbonyl (C=O) groups excluding carboxylic acids is 1. The van der Waals surface area contributed by atoms with E-state index in [9.17, 15) is 4.79 Å². The van der Waals surface area contributed by atoms with Gasteiger partial charge in [-0.15, -0.1) is 10.2 Å². The smallest absolute Gasteiger partial charge is 0.271 e. The predicted molar refractivity (Wildman–Crippen MR) is 83.4 cm³/mol. The van der Waals surface area contributed by atoms with E-state index >= 15 is 0 Å². The second-order valence-electron chi connectivity index (χ2n) is 4.21. The van der Waals surface area contributed by atoms with Gasteiger partial charge in [0, 0.05) is 13.6 Å². The first-order valence-electron chi connectivity index (χ1n) is 6.26. The molecule has 0 spiro atoms. The average molecular weight is 351 g/mol. The third kappa shape index (κ3) is 3.91. The van der Waals surface area contributed by atoms with Gasteiger partial charge in [0.2, 0.25) is 0 Å². The molecule has 1 amide bonds. The maximum Gasteiger partial charge on any atom is 0.271 e. The molecule has 2 rings (SSSR count). The number of hydrogen-bond acceptors (Lipinski definition) is 5. The van der Waals surface area contributed by atoms with E-state index in [0.717, 1.165) is 15.8 Å². The van der Waals surface area contributed by atoms with Gasteiger partial charge >= 0.3 is 0 Å². The van der Waals surface area contributed by atoms with Crippen molar-refractivity contribution in [1.82, 2.24) is 15.5 Å². The highest BCUT2D eigenvalue weighted by atomic mass is 79.9. The molecular weight excluding hydrogens is 336 g/mol. The van der Waals surface area contributed by atoms with E-state index in [-0.39, 0.29) is 11.6 Å². The lowest BCUT2D eigenvalue weighted by molar-refractivity contribution is 0.0957. The van der Waals surface area contributed by atoms with Crippen molar-refractivity contribution in [2.45, 2.75) is 6.54 Å². The van der Waals surface area contributed by atoms with E-state index in [4.69, 9.17) is 4.74 Å². The van der Waals surface area contributed by atoms with Crippen molar-refractivity contribution in [2.75, 3.05) is 19.5 Å². The molecule has 2 aromatic rings. The summed E-state index contributed by atoms with van der Waals surface area (Å²) >= 11 is 3.44. The van der Waals surface area contributed by atoms with Crippen LogP contribution in [-0.2, 0) is 6.54 Å². The van der Waals surface area contributed by atoms with Crippen molar-refractivity contribution in [3.8, 4) is 5.75 Å².